The number of halogens is 1. The van der Waals surface area contributed by atoms with Crippen molar-refractivity contribution in [2.45, 2.75) is 11.3 Å². The Morgan fingerprint density at radius 3 is 2.94 bits per heavy atom. The minimum absolute atomic E-state index is 0.0124. The molecule has 0 aromatic carbocycles. The van der Waals surface area contributed by atoms with Gasteiger partial charge in [0.2, 0.25) is 15.9 Å². The minimum Gasteiger partial charge on any atom is -0.480 e. The molecular weight excluding hydrogens is 308 g/mol. The van der Waals surface area contributed by atoms with Crippen LogP contribution in [-0.4, -0.2) is 27.1 Å². The molecule has 0 saturated carbocycles. The fourth-order valence-corrected chi connectivity index (χ4v) is 2.80. The van der Waals surface area contributed by atoms with E-state index in [-0.39, 0.29) is 10.8 Å². The summed E-state index contributed by atoms with van der Waals surface area (Å²) in [6.07, 6.45) is 3.67. The molecular formula is C10H13BrN2O3S. The number of pyridine rings is 1. The van der Waals surface area contributed by atoms with Gasteiger partial charge in [-0.05, 0) is 28.4 Å². The first kappa shape index (κ1) is 14.1. The molecule has 0 unspecified atom stereocenters. The number of aromatic nitrogens is 1. The van der Waals surface area contributed by atoms with Gasteiger partial charge < -0.3 is 4.74 Å². The molecule has 0 amide bonds. The second kappa shape index (κ2) is 6.13. The van der Waals surface area contributed by atoms with E-state index in [1.165, 1.54) is 19.4 Å². The monoisotopic (exact) mass is 320 g/mol. The third-order valence-electron chi connectivity index (χ3n) is 1.91. The largest absolute Gasteiger partial charge is 0.480 e. The molecule has 1 aromatic rings. The lowest BCUT2D eigenvalue weighted by atomic mass is 10.4. The van der Waals surface area contributed by atoms with Gasteiger partial charge in [-0.3, -0.25) is 0 Å². The second-order valence-corrected chi connectivity index (χ2v) is 5.79. The van der Waals surface area contributed by atoms with Gasteiger partial charge in [0.1, 0.15) is 4.90 Å². The summed E-state index contributed by atoms with van der Waals surface area (Å²) in [6, 6.07) is 1.45. The van der Waals surface area contributed by atoms with Gasteiger partial charge in [0, 0.05) is 17.2 Å². The van der Waals surface area contributed by atoms with Gasteiger partial charge >= 0.3 is 0 Å². The molecule has 0 radical (unpaired) electrons. The van der Waals surface area contributed by atoms with Crippen LogP contribution in [0, 0.1) is 0 Å². The molecule has 17 heavy (non-hydrogen) atoms. The van der Waals surface area contributed by atoms with Crippen LogP contribution in [0.1, 0.15) is 6.42 Å². The van der Waals surface area contributed by atoms with E-state index in [1.54, 1.807) is 6.08 Å². The zero-order chi connectivity index (χ0) is 12.9. The van der Waals surface area contributed by atoms with Gasteiger partial charge in [0.15, 0.2) is 0 Å². The third-order valence-corrected chi connectivity index (χ3v) is 3.80. The fraction of sp³-hybridized carbons (Fsp3) is 0.300. The van der Waals surface area contributed by atoms with E-state index < -0.39 is 10.0 Å². The van der Waals surface area contributed by atoms with Crippen molar-refractivity contribution in [3.8, 4) is 5.88 Å². The molecule has 0 bridgehead atoms. The summed E-state index contributed by atoms with van der Waals surface area (Å²) in [5, 5.41) is 0. The first-order chi connectivity index (χ1) is 8.01. The maximum atomic E-state index is 12.0. The van der Waals surface area contributed by atoms with Gasteiger partial charge in [-0.2, -0.15) is 0 Å². The highest BCUT2D eigenvalue weighted by molar-refractivity contribution is 9.10. The van der Waals surface area contributed by atoms with E-state index in [2.05, 4.69) is 32.2 Å². The summed E-state index contributed by atoms with van der Waals surface area (Å²) in [5.41, 5.74) is 0. The van der Waals surface area contributed by atoms with Crippen molar-refractivity contribution in [3.05, 3.63) is 29.4 Å². The molecule has 1 N–H and O–H groups in total. The van der Waals surface area contributed by atoms with Gasteiger partial charge in [-0.15, -0.1) is 6.58 Å². The van der Waals surface area contributed by atoms with Crippen LogP contribution >= 0.6 is 15.9 Å². The van der Waals surface area contributed by atoms with Crippen LogP contribution in [0.25, 0.3) is 0 Å². The predicted molar refractivity (Wildman–Crippen MR) is 68.5 cm³/mol. The standard InChI is InChI=1S/C10H13BrN2O3S/c1-3-4-5-13-17(14,15)9-6-8(11)7-12-10(9)16-2/h3,6-7,13H,1,4-5H2,2H3. The summed E-state index contributed by atoms with van der Waals surface area (Å²) in [5.74, 6) is 0.0688. The average molecular weight is 321 g/mol. The van der Waals surface area contributed by atoms with Crippen molar-refractivity contribution in [1.82, 2.24) is 9.71 Å². The third kappa shape index (κ3) is 3.79. The van der Waals surface area contributed by atoms with Crippen LogP contribution in [0.3, 0.4) is 0 Å². The van der Waals surface area contributed by atoms with Crippen LogP contribution in [0.4, 0.5) is 0 Å². The Morgan fingerprint density at radius 1 is 1.65 bits per heavy atom. The van der Waals surface area contributed by atoms with Crippen molar-refractivity contribution in [3.63, 3.8) is 0 Å². The summed E-state index contributed by atoms with van der Waals surface area (Å²) in [4.78, 5) is 3.90. The van der Waals surface area contributed by atoms with Crippen molar-refractivity contribution in [2.24, 2.45) is 0 Å². The first-order valence-corrected chi connectivity index (χ1v) is 7.09. The molecule has 1 aromatic heterocycles. The van der Waals surface area contributed by atoms with Gasteiger partial charge in [-0.25, -0.2) is 18.1 Å². The molecule has 5 nitrogen and oxygen atoms in total. The molecule has 1 rings (SSSR count). The van der Waals surface area contributed by atoms with Crippen LogP contribution in [0.15, 0.2) is 34.3 Å². The molecule has 94 valence electrons. The lowest BCUT2D eigenvalue weighted by Gasteiger charge is -2.09. The number of hydrogen-bond donors (Lipinski definition) is 1. The molecule has 0 atom stereocenters. The summed E-state index contributed by atoms with van der Waals surface area (Å²) in [6.45, 7) is 3.81. The lowest BCUT2D eigenvalue weighted by Crippen LogP contribution is -2.25. The quantitative estimate of drug-likeness (QED) is 0.640. The molecule has 0 aliphatic heterocycles. The van der Waals surface area contributed by atoms with E-state index >= 15 is 0 Å². The van der Waals surface area contributed by atoms with Crippen LogP contribution in [0.2, 0.25) is 0 Å². The van der Waals surface area contributed by atoms with Crippen LogP contribution in [0.5, 0.6) is 5.88 Å². The lowest BCUT2D eigenvalue weighted by molar-refractivity contribution is 0.384. The topological polar surface area (TPSA) is 68.3 Å². The summed E-state index contributed by atoms with van der Waals surface area (Å²) >= 11 is 3.17. The maximum Gasteiger partial charge on any atom is 0.245 e. The molecule has 0 aliphatic carbocycles. The van der Waals surface area contributed by atoms with Gasteiger partial charge in [-0.1, -0.05) is 6.08 Å². The number of sulfonamides is 1. The highest BCUT2D eigenvalue weighted by Crippen LogP contribution is 2.24. The average Bonchev–Trinajstić information content (AvgIpc) is 2.29. The molecule has 7 heteroatoms. The molecule has 0 aliphatic rings. The van der Waals surface area contributed by atoms with Crippen molar-refractivity contribution in [1.29, 1.82) is 0 Å². The Labute approximate surface area is 109 Å². The van der Waals surface area contributed by atoms with Gasteiger partial charge in [0.05, 0.1) is 7.11 Å². The SMILES string of the molecule is C=CCCNS(=O)(=O)c1cc(Br)cnc1OC. The summed E-state index contributed by atoms with van der Waals surface area (Å²) in [7, 11) is -2.24. The maximum absolute atomic E-state index is 12.0. The Kier molecular flexibility index (Phi) is 5.10. The van der Waals surface area contributed by atoms with Crippen LogP contribution < -0.4 is 9.46 Å². The van der Waals surface area contributed by atoms with Crippen molar-refractivity contribution < 1.29 is 13.2 Å². The number of methoxy groups -OCH3 is 1. The van der Waals surface area contributed by atoms with Gasteiger partial charge in [0.25, 0.3) is 0 Å². The van der Waals surface area contributed by atoms with E-state index in [4.69, 9.17) is 4.74 Å². The normalized spacial score (nSPS) is 11.2. The first-order valence-electron chi connectivity index (χ1n) is 4.81. The Morgan fingerprint density at radius 2 is 2.35 bits per heavy atom. The zero-order valence-corrected chi connectivity index (χ0v) is 11.7. The van der Waals surface area contributed by atoms with E-state index in [9.17, 15) is 8.42 Å². The molecule has 0 saturated heterocycles. The Balaban J connectivity index is 3.04. The number of nitrogens with zero attached hydrogens (tertiary/aromatic N) is 1. The van der Waals surface area contributed by atoms with Crippen LogP contribution in [-0.2, 0) is 10.0 Å². The second-order valence-electron chi connectivity index (χ2n) is 3.14. The fourth-order valence-electron chi connectivity index (χ4n) is 1.13. The number of ether oxygens (including phenoxy) is 1. The van der Waals surface area contributed by atoms with Crippen molar-refractivity contribution in [2.75, 3.05) is 13.7 Å². The number of rotatable bonds is 6. The zero-order valence-electron chi connectivity index (χ0n) is 9.31. The predicted octanol–water partition coefficient (Wildman–Crippen LogP) is 1.71. The van der Waals surface area contributed by atoms with E-state index in [1.807, 2.05) is 0 Å². The molecule has 1 heterocycles. The highest BCUT2D eigenvalue weighted by atomic mass is 79.9. The highest BCUT2D eigenvalue weighted by Gasteiger charge is 2.20. The Hall–Kier alpha value is -0.920. The number of nitrogens with one attached hydrogen (secondary N) is 1. The number of hydrogen-bond acceptors (Lipinski definition) is 4. The Bertz CT molecular complexity index is 502. The molecule has 0 fully saturated rings. The van der Waals surface area contributed by atoms with E-state index in [0.29, 0.717) is 17.4 Å². The van der Waals surface area contributed by atoms with Crippen molar-refractivity contribution >= 4 is 26.0 Å². The van der Waals surface area contributed by atoms with E-state index in [0.717, 1.165) is 0 Å². The summed E-state index contributed by atoms with van der Waals surface area (Å²) < 4.78 is 31.8. The molecule has 0 spiro atoms. The minimum atomic E-state index is -3.61. The smallest absolute Gasteiger partial charge is 0.245 e.